The Hall–Kier alpha value is -2.87. The lowest BCUT2D eigenvalue weighted by atomic mass is 10.1. The number of nitrogens with zero attached hydrogens (tertiary/aromatic N) is 2. The van der Waals surface area contributed by atoms with Gasteiger partial charge in [0, 0.05) is 18.7 Å². The number of benzene rings is 2. The van der Waals surface area contributed by atoms with E-state index in [1.54, 1.807) is 29.2 Å². The quantitative estimate of drug-likeness (QED) is 0.630. The second-order valence-corrected chi connectivity index (χ2v) is 9.09. The summed E-state index contributed by atoms with van der Waals surface area (Å²) >= 11 is 0. The Labute approximate surface area is 177 Å². The molecule has 0 radical (unpaired) electrons. The fraction of sp³-hybridized carbons (Fsp3) is 0.364. The van der Waals surface area contributed by atoms with Crippen LogP contribution in [0.4, 0.5) is 5.69 Å². The van der Waals surface area contributed by atoms with Crippen LogP contribution in [0.1, 0.15) is 36.5 Å². The third-order valence-electron chi connectivity index (χ3n) is 5.20. The van der Waals surface area contributed by atoms with Crippen LogP contribution in [0.5, 0.6) is 5.75 Å². The molecular formula is C22H26N2O5S. The second kappa shape index (κ2) is 9.30. The van der Waals surface area contributed by atoms with Crippen molar-refractivity contribution in [1.29, 1.82) is 0 Å². The minimum absolute atomic E-state index is 0.0229. The smallest absolute Gasteiger partial charge is 0.264 e. The monoisotopic (exact) mass is 430 g/mol. The number of carbonyl (C=O) groups excluding carboxylic acids is 2. The summed E-state index contributed by atoms with van der Waals surface area (Å²) in [6.07, 6.45) is 2.92. The van der Waals surface area contributed by atoms with Gasteiger partial charge in [0.25, 0.3) is 10.0 Å². The number of ether oxygens (including phenoxy) is 1. The molecule has 1 amide bonds. The Bertz CT molecular complexity index is 995. The van der Waals surface area contributed by atoms with Crippen LogP contribution >= 0.6 is 0 Å². The molecule has 0 aliphatic carbocycles. The number of anilines is 1. The van der Waals surface area contributed by atoms with Crippen molar-refractivity contribution in [2.75, 3.05) is 31.0 Å². The first-order valence-corrected chi connectivity index (χ1v) is 11.3. The van der Waals surface area contributed by atoms with Gasteiger partial charge in [-0.15, -0.1) is 0 Å². The molecule has 1 saturated heterocycles. The molecular weight excluding hydrogens is 404 g/mol. The van der Waals surface area contributed by atoms with Crippen LogP contribution in [0.3, 0.4) is 0 Å². The van der Waals surface area contributed by atoms with Gasteiger partial charge in [-0.3, -0.25) is 13.9 Å². The predicted octanol–water partition coefficient (Wildman–Crippen LogP) is 3.11. The molecule has 0 saturated carbocycles. The maximum atomic E-state index is 13.4. The van der Waals surface area contributed by atoms with E-state index in [9.17, 15) is 18.0 Å². The van der Waals surface area contributed by atoms with Crippen LogP contribution in [-0.4, -0.2) is 51.8 Å². The highest BCUT2D eigenvalue weighted by molar-refractivity contribution is 7.92. The van der Waals surface area contributed by atoms with Gasteiger partial charge < -0.3 is 9.64 Å². The van der Waals surface area contributed by atoms with E-state index in [1.807, 2.05) is 0 Å². The average Bonchev–Trinajstić information content (AvgIpc) is 2.78. The summed E-state index contributed by atoms with van der Waals surface area (Å²) in [5.74, 6) is 0.213. The molecule has 1 heterocycles. The molecule has 0 unspecified atom stereocenters. The van der Waals surface area contributed by atoms with E-state index in [0.29, 0.717) is 30.1 Å². The molecule has 0 atom stereocenters. The molecule has 0 aromatic heterocycles. The van der Waals surface area contributed by atoms with E-state index < -0.39 is 10.0 Å². The van der Waals surface area contributed by atoms with Gasteiger partial charge in [0.1, 0.15) is 12.3 Å². The first-order valence-electron chi connectivity index (χ1n) is 9.88. The molecule has 2 aromatic carbocycles. The van der Waals surface area contributed by atoms with Gasteiger partial charge >= 0.3 is 0 Å². The van der Waals surface area contributed by atoms with Crippen LogP contribution in [0.15, 0.2) is 53.4 Å². The molecule has 0 bridgehead atoms. The topological polar surface area (TPSA) is 84.0 Å². The van der Waals surface area contributed by atoms with Crippen LogP contribution in [0, 0.1) is 0 Å². The largest absolute Gasteiger partial charge is 0.497 e. The van der Waals surface area contributed by atoms with E-state index in [1.165, 1.54) is 38.3 Å². The molecule has 2 aromatic rings. The summed E-state index contributed by atoms with van der Waals surface area (Å²) in [6.45, 7) is 2.42. The van der Waals surface area contributed by atoms with Crippen molar-refractivity contribution in [1.82, 2.24) is 4.90 Å². The van der Waals surface area contributed by atoms with E-state index in [-0.39, 0.29) is 23.1 Å². The Morgan fingerprint density at radius 1 is 0.967 bits per heavy atom. The summed E-state index contributed by atoms with van der Waals surface area (Å²) in [6, 6.07) is 12.3. The van der Waals surface area contributed by atoms with Crippen molar-refractivity contribution >= 4 is 27.4 Å². The van der Waals surface area contributed by atoms with Crippen LogP contribution in [0.25, 0.3) is 0 Å². The van der Waals surface area contributed by atoms with Gasteiger partial charge in [-0.25, -0.2) is 8.42 Å². The summed E-state index contributed by atoms with van der Waals surface area (Å²) in [5.41, 5.74) is 0.797. The van der Waals surface area contributed by atoms with Crippen molar-refractivity contribution in [3.05, 3.63) is 54.1 Å². The number of ketones is 1. The molecule has 160 valence electrons. The molecule has 0 spiro atoms. The highest BCUT2D eigenvalue weighted by atomic mass is 32.2. The zero-order chi connectivity index (χ0) is 21.7. The van der Waals surface area contributed by atoms with Gasteiger partial charge in [-0.1, -0.05) is 12.1 Å². The summed E-state index contributed by atoms with van der Waals surface area (Å²) < 4.78 is 33.1. The standard InChI is InChI=1S/C22H26N2O5S/c1-17(25)18-6-12-21(13-7-18)30(27,28)24(19-8-10-20(29-2)11-9-19)16-22(26)23-14-4-3-5-15-23/h6-13H,3-5,14-16H2,1-2H3. The summed E-state index contributed by atoms with van der Waals surface area (Å²) in [7, 11) is -2.49. The SMILES string of the molecule is COc1ccc(N(CC(=O)N2CCCCC2)S(=O)(=O)c2ccc(C(C)=O)cc2)cc1. The van der Waals surface area contributed by atoms with Crippen molar-refractivity contribution in [3.63, 3.8) is 0 Å². The molecule has 7 nitrogen and oxygen atoms in total. The number of carbonyl (C=O) groups is 2. The van der Waals surface area contributed by atoms with E-state index in [4.69, 9.17) is 4.74 Å². The van der Waals surface area contributed by atoms with Gasteiger partial charge in [0.15, 0.2) is 5.78 Å². The second-order valence-electron chi connectivity index (χ2n) is 7.23. The third-order valence-corrected chi connectivity index (χ3v) is 6.98. The lowest BCUT2D eigenvalue weighted by Crippen LogP contribution is -2.44. The molecule has 0 N–H and O–H groups in total. The van der Waals surface area contributed by atoms with E-state index in [0.717, 1.165) is 23.6 Å². The van der Waals surface area contributed by atoms with Gasteiger partial charge in [-0.2, -0.15) is 0 Å². The summed E-state index contributed by atoms with van der Waals surface area (Å²) in [4.78, 5) is 26.1. The highest BCUT2D eigenvalue weighted by Crippen LogP contribution is 2.26. The average molecular weight is 431 g/mol. The van der Waals surface area contributed by atoms with Crippen molar-refractivity contribution < 1.29 is 22.7 Å². The van der Waals surface area contributed by atoms with Crippen molar-refractivity contribution in [2.45, 2.75) is 31.1 Å². The Morgan fingerprint density at radius 3 is 2.10 bits per heavy atom. The maximum absolute atomic E-state index is 13.4. The lowest BCUT2D eigenvalue weighted by Gasteiger charge is -2.30. The predicted molar refractivity (Wildman–Crippen MR) is 114 cm³/mol. The minimum atomic E-state index is -4.02. The Balaban J connectivity index is 1.96. The first kappa shape index (κ1) is 21.8. The number of Topliss-reactive ketones (excluding diaryl/α,β-unsaturated/α-hetero) is 1. The molecule has 8 heteroatoms. The van der Waals surface area contributed by atoms with Crippen LogP contribution < -0.4 is 9.04 Å². The summed E-state index contributed by atoms with van der Waals surface area (Å²) in [5, 5.41) is 0. The maximum Gasteiger partial charge on any atom is 0.264 e. The number of piperidine rings is 1. The van der Waals surface area contributed by atoms with Gasteiger partial charge in [-0.05, 0) is 62.6 Å². The van der Waals surface area contributed by atoms with Crippen LogP contribution in [-0.2, 0) is 14.8 Å². The number of sulfonamides is 1. The van der Waals surface area contributed by atoms with Crippen molar-refractivity contribution in [2.24, 2.45) is 0 Å². The third kappa shape index (κ3) is 4.81. The number of likely N-dealkylation sites (tertiary alicyclic amines) is 1. The lowest BCUT2D eigenvalue weighted by molar-refractivity contribution is -0.130. The molecule has 1 aliphatic rings. The van der Waals surface area contributed by atoms with Crippen molar-refractivity contribution in [3.8, 4) is 5.75 Å². The fourth-order valence-corrected chi connectivity index (χ4v) is 4.83. The molecule has 1 fully saturated rings. The zero-order valence-electron chi connectivity index (χ0n) is 17.2. The van der Waals surface area contributed by atoms with Gasteiger partial charge in [0.05, 0.1) is 17.7 Å². The number of hydrogen-bond acceptors (Lipinski definition) is 5. The number of hydrogen-bond donors (Lipinski definition) is 0. The normalized spacial score (nSPS) is 14.3. The van der Waals surface area contributed by atoms with E-state index >= 15 is 0 Å². The zero-order valence-corrected chi connectivity index (χ0v) is 18.0. The highest BCUT2D eigenvalue weighted by Gasteiger charge is 2.29. The first-order chi connectivity index (χ1) is 14.3. The Morgan fingerprint density at radius 2 is 1.57 bits per heavy atom. The number of methoxy groups -OCH3 is 1. The number of amides is 1. The molecule has 1 aliphatic heterocycles. The fourth-order valence-electron chi connectivity index (χ4n) is 3.42. The number of rotatable bonds is 7. The van der Waals surface area contributed by atoms with Crippen LogP contribution in [0.2, 0.25) is 0 Å². The molecule has 3 rings (SSSR count). The molecule has 30 heavy (non-hydrogen) atoms. The van der Waals surface area contributed by atoms with Gasteiger partial charge in [0.2, 0.25) is 5.91 Å². The minimum Gasteiger partial charge on any atom is -0.497 e. The van der Waals surface area contributed by atoms with E-state index in [2.05, 4.69) is 0 Å². The Kier molecular flexibility index (Phi) is 6.77.